The van der Waals surface area contributed by atoms with Crippen molar-refractivity contribution in [2.45, 2.75) is 45.4 Å². The molecule has 0 aliphatic heterocycles. The summed E-state index contributed by atoms with van der Waals surface area (Å²) in [6.07, 6.45) is 7.73. The zero-order valence-corrected chi connectivity index (χ0v) is 12.4. The predicted molar refractivity (Wildman–Crippen MR) is 83.0 cm³/mol. The molecule has 0 bridgehead atoms. The molecule has 1 rings (SSSR count). The zero-order chi connectivity index (χ0) is 14.6. The summed E-state index contributed by atoms with van der Waals surface area (Å²) >= 11 is 0. The molecule has 0 aromatic heterocycles. The number of unbranched alkanes of at least 4 members (excludes halogenated alkanes) is 5. The first-order valence-corrected chi connectivity index (χ1v) is 7.47. The van der Waals surface area contributed by atoms with Crippen LogP contribution >= 0.6 is 0 Å². The van der Waals surface area contributed by atoms with E-state index in [0.717, 1.165) is 12.2 Å². The minimum atomic E-state index is -0.463. The second kappa shape index (κ2) is 10.1. The molecule has 0 atom stereocenters. The van der Waals surface area contributed by atoms with E-state index in [1.54, 1.807) is 0 Å². The van der Waals surface area contributed by atoms with E-state index in [9.17, 15) is 4.79 Å². The van der Waals surface area contributed by atoms with Gasteiger partial charge in [0, 0.05) is 18.3 Å². The number of amides is 1. The van der Waals surface area contributed by atoms with Gasteiger partial charge >= 0.3 is 0 Å². The maximum atomic E-state index is 10.7. The lowest BCUT2D eigenvalue weighted by molar-refractivity contribution is -0.119. The van der Waals surface area contributed by atoms with Gasteiger partial charge in [-0.1, -0.05) is 45.1 Å². The van der Waals surface area contributed by atoms with Gasteiger partial charge in [-0.25, -0.2) is 0 Å². The third-order valence-corrected chi connectivity index (χ3v) is 3.07. The Balaban J connectivity index is 2.19. The molecule has 0 aliphatic carbocycles. The zero-order valence-electron chi connectivity index (χ0n) is 12.4. The molecule has 0 fully saturated rings. The van der Waals surface area contributed by atoms with Gasteiger partial charge in [-0.3, -0.25) is 4.79 Å². The molecular weight excluding hydrogens is 252 g/mol. The summed E-state index contributed by atoms with van der Waals surface area (Å²) in [6, 6.07) is 7.60. The second-order valence-electron chi connectivity index (χ2n) is 4.98. The molecule has 3 N–H and O–H groups in total. The Morgan fingerprint density at radius 3 is 2.70 bits per heavy atom. The predicted octanol–water partition coefficient (Wildman–Crippen LogP) is 3.32. The van der Waals surface area contributed by atoms with Crippen LogP contribution in [0, 0.1) is 0 Å². The van der Waals surface area contributed by atoms with Crippen LogP contribution in [0.3, 0.4) is 0 Å². The first kappa shape index (κ1) is 16.3. The van der Waals surface area contributed by atoms with Gasteiger partial charge in [-0.15, -0.1) is 0 Å². The summed E-state index contributed by atoms with van der Waals surface area (Å²) in [4.78, 5) is 10.7. The van der Waals surface area contributed by atoms with Crippen molar-refractivity contribution < 1.29 is 9.53 Å². The molecule has 4 heteroatoms. The van der Waals surface area contributed by atoms with Crippen molar-refractivity contribution in [3.05, 3.63) is 24.3 Å². The number of carbonyl (C=O) groups is 1. The van der Waals surface area contributed by atoms with Gasteiger partial charge in [-0.2, -0.15) is 0 Å². The minimum Gasteiger partial charge on any atom is -0.484 e. The quantitative estimate of drug-likeness (QED) is 0.610. The van der Waals surface area contributed by atoms with Crippen LogP contribution in [0.5, 0.6) is 5.75 Å². The van der Waals surface area contributed by atoms with Crippen molar-refractivity contribution in [2.75, 3.05) is 18.5 Å². The molecule has 1 aromatic carbocycles. The number of benzene rings is 1. The highest BCUT2D eigenvalue weighted by atomic mass is 16.5. The van der Waals surface area contributed by atoms with Crippen LogP contribution in [-0.2, 0) is 4.79 Å². The van der Waals surface area contributed by atoms with E-state index in [1.807, 2.05) is 24.3 Å². The molecule has 0 heterocycles. The van der Waals surface area contributed by atoms with E-state index < -0.39 is 5.91 Å². The first-order valence-electron chi connectivity index (χ1n) is 7.47. The van der Waals surface area contributed by atoms with E-state index in [4.69, 9.17) is 10.5 Å². The van der Waals surface area contributed by atoms with Gasteiger partial charge < -0.3 is 15.8 Å². The van der Waals surface area contributed by atoms with Crippen molar-refractivity contribution in [1.82, 2.24) is 0 Å². The molecule has 0 saturated heterocycles. The Morgan fingerprint density at radius 1 is 1.20 bits per heavy atom. The second-order valence-corrected chi connectivity index (χ2v) is 4.98. The largest absolute Gasteiger partial charge is 0.484 e. The number of nitrogens with two attached hydrogens (primary N) is 1. The fourth-order valence-electron chi connectivity index (χ4n) is 1.99. The van der Waals surface area contributed by atoms with Gasteiger partial charge in [0.2, 0.25) is 0 Å². The molecule has 20 heavy (non-hydrogen) atoms. The standard InChI is InChI=1S/C16H26N2O2/c1-2-3-4-5-6-7-11-18-14-9-8-10-15(12-14)20-13-16(17)19/h8-10,12,18H,2-7,11,13H2,1H3,(H2,17,19). The topological polar surface area (TPSA) is 64.3 Å². The summed E-state index contributed by atoms with van der Waals surface area (Å²) in [7, 11) is 0. The van der Waals surface area contributed by atoms with Crippen LogP contribution < -0.4 is 15.8 Å². The molecule has 1 aromatic rings. The number of primary amides is 1. The Labute approximate surface area is 121 Å². The first-order chi connectivity index (χ1) is 9.72. The van der Waals surface area contributed by atoms with E-state index in [-0.39, 0.29) is 6.61 Å². The Kier molecular flexibility index (Phi) is 8.27. The van der Waals surface area contributed by atoms with Gasteiger partial charge in [-0.05, 0) is 18.6 Å². The smallest absolute Gasteiger partial charge is 0.255 e. The van der Waals surface area contributed by atoms with Crippen LogP contribution in [0.15, 0.2) is 24.3 Å². The summed E-state index contributed by atoms with van der Waals surface area (Å²) in [5, 5.41) is 3.37. The molecule has 0 radical (unpaired) electrons. The average Bonchev–Trinajstić information content (AvgIpc) is 2.45. The Hall–Kier alpha value is -1.71. The molecule has 0 spiro atoms. The number of anilines is 1. The number of hydrogen-bond acceptors (Lipinski definition) is 3. The Bertz CT molecular complexity index is 394. The molecule has 0 unspecified atom stereocenters. The third kappa shape index (κ3) is 7.67. The monoisotopic (exact) mass is 278 g/mol. The van der Waals surface area contributed by atoms with Crippen molar-refractivity contribution in [1.29, 1.82) is 0 Å². The number of nitrogens with one attached hydrogen (secondary N) is 1. The van der Waals surface area contributed by atoms with Crippen molar-refractivity contribution in [3.63, 3.8) is 0 Å². The van der Waals surface area contributed by atoms with E-state index in [2.05, 4.69) is 12.2 Å². The van der Waals surface area contributed by atoms with E-state index in [0.29, 0.717) is 5.75 Å². The summed E-state index contributed by atoms with van der Waals surface area (Å²) in [6.45, 7) is 3.11. The Morgan fingerprint density at radius 2 is 1.95 bits per heavy atom. The minimum absolute atomic E-state index is 0.0825. The van der Waals surface area contributed by atoms with Gasteiger partial charge in [0.15, 0.2) is 6.61 Å². The summed E-state index contributed by atoms with van der Waals surface area (Å²) in [5.41, 5.74) is 6.06. The highest BCUT2D eigenvalue weighted by Crippen LogP contribution is 2.17. The number of rotatable bonds is 11. The molecular formula is C16H26N2O2. The maximum Gasteiger partial charge on any atom is 0.255 e. The molecule has 112 valence electrons. The molecule has 1 amide bonds. The average molecular weight is 278 g/mol. The van der Waals surface area contributed by atoms with Gasteiger partial charge in [0.1, 0.15) is 5.75 Å². The lowest BCUT2D eigenvalue weighted by Crippen LogP contribution is -2.20. The van der Waals surface area contributed by atoms with Crippen molar-refractivity contribution >= 4 is 11.6 Å². The number of hydrogen-bond donors (Lipinski definition) is 2. The van der Waals surface area contributed by atoms with Crippen LogP contribution in [0.4, 0.5) is 5.69 Å². The van der Waals surface area contributed by atoms with Crippen LogP contribution in [0.1, 0.15) is 45.4 Å². The fourth-order valence-corrected chi connectivity index (χ4v) is 1.99. The van der Waals surface area contributed by atoms with Gasteiger partial charge in [0.05, 0.1) is 0 Å². The highest BCUT2D eigenvalue weighted by molar-refractivity contribution is 5.75. The molecule has 4 nitrogen and oxygen atoms in total. The van der Waals surface area contributed by atoms with Crippen molar-refractivity contribution in [2.24, 2.45) is 5.73 Å². The third-order valence-electron chi connectivity index (χ3n) is 3.07. The number of carbonyl (C=O) groups excluding carboxylic acids is 1. The van der Waals surface area contributed by atoms with Crippen LogP contribution in [0.2, 0.25) is 0 Å². The van der Waals surface area contributed by atoms with Crippen molar-refractivity contribution in [3.8, 4) is 5.75 Å². The van der Waals surface area contributed by atoms with E-state index in [1.165, 1.54) is 38.5 Å². The lowest BCUT2D eigenvalue weighted by atomic mass is 10.1. The van der Waals surface area contributed by atoms with Crippen LogP contribution in [0.25, 0.3) is 0 Å². The maximum absolute atomic E-state index is 10.7. The molecule has 0 aliphatic rings. The van der Waals surface area contributed by atoms with E-state index >= 15 is 0 Å². The SMILES string of the molecule is CCCCCCCCNc1cccc(OCC(N)=O)c1. The fraction of sp³-hybridized carbons (Fsp3) is 0.562. The van der Waals surface area contributed by atoms with Gasteiger partial charge in [0.25, 0.3) is 5.91 Å². The number of ether oxygens (including phenoxy) is 1. The highest BCUT2D eigenvalue weighted by Gasteiger charge is 1.99. The lowest BCUT2D eigenvalue weighted by Gasteiger charge is -2.09. The normalized spacial score (nSPS) is 10.2. The summed E-state index contributed by atoms with van der Waals surface area (Å²) in [5.74, 6) is 0.201. The summed E-state index contributed by atoms with van der Waals surface area (Å²) < 4.78 is 5.27. The molecule has 0 saturated carbocycles. The van der Waals surface area contributed by atoms with Crippen LogP contribution in [-0.4, -0.2) is 19.1 Å².